The van der Waals surface area contributed by atoms with Gasteiger partial charge in [-0.05, 0) is 143 Å². The van der Waals surface area contributed by atoms with Crippen LogP contribution < -0.4 is 4.90 Å². The first kappa shape index (κ1) is 43.7. The first-order chi connectivity index (χ1) is 34.4. The van der Waals surface area contributed by atoms with Gasteiger partial charge >= 0.3 is 0 Å². The third-order valence-corrected chi connectivity index (χ3v) is 14.5. The van der Waals surface area contributed by atoms with Gasteiger partial charge in [-0.3, -0.25) is 0 Å². The summed E-state index contributed by atoms with van der Waals surface area (Å²) >= 11 is 10.8. The van der Waals surface area contributed by atoms with E-state index in [2.05, 4.69) is 289 Å². The van der Waals surface area contributed by atoms with Gasteiger partial charge in [-0.15, -0.1) is 0 Å². The van der Waals surface area contributed by atoms with E-state index in [1.54, 1.807) is 0 Å². The third kappa shape index (κ3) is 8.62. The van der Waals surface area contributed by atoms with Crippen LogP contribution in [0, 0.1) is 0 Å². The topological polar surface area (TPSA) is 41.9 Å². The number of nitrogens with zero attached hydrogens (tertiary/aromatic N) is 4. The molecule has 0 saturated carbocycles. The van der Waals surface area contributed by atoms with Crippen LogP contribution >= 0.6 is 47.8 Å². The summed E-state index contributed by atoms with van der Waals surface area (Å²) in [5.41, 5.74) is 18.6. The van der Waals surface area contributed by atoms with E-state index in [0.29, 0.717) is 0 Å². The van der Waals surface area contributed by atoms with Crippen molar-refractivity contribution in [3.8, 4) is 67.2 Å². The van der Waals surface area contributed by atoms with Gasteiger partial charge in [0.1, 0.15) is 0 Å². The van der Waals surface area contributed by atoms with Gasteiger partial charge in [0, 0.05) is 63.3 Å². The molecule has 3 heterocycles. The SMILES string of the molecule is Brc1ccc(-c2cc(-c3ccc(N(c4ccc(-c5cc(-c6ccc(Br)cc6)c6ccccc6n5)cc4)c4ccc(-c5cc(-c6ccc(Br)cc6)c6ccccc6n5)cc4)cc3)nc3ccccc23)cc1. The molecule has 9 aromatic carbocycles. The van der Waals surface area contributed by atoms with Gasteiger partial charge in [-0.1, -0.05) is 175 Å². The van der Waals surface area contributed by atoms with Crippen molar-refractivity contribution in [2.45, 2.75) is 0 Å². The highest BCUT2D eigenvalue weighted by atomic mass is 79.9. The second-order valence-corrected chi connectivity index (χ2v) is 20.0. The number of pyridine rings is 3. The van der Waals surface area contributed by atoms with Crippen LogP contribution in [-0.2, 0) is 0 Å². The zero-order valence-corrected chi connectivity index (χ0v) is 42.2. The van der Waals surface area contributed by atoms with Crippen molar-refractivity contribution < 1.29 is 0 Å². The van der Waals surface area contributed by atoms with Gasteiger partial charge in [0.25, 0.3) is 0 Å². The molecular formula is C63H39Br3N4. The number of para-hydroxylation sites is 3. The normalized spacial score (nSPS) is 11.4. The Morgan fingerprint density at radius 2 is 0.500 bits per heavy atom. The molecule has 7 heteroatoms. The summed E-state index contributed by atoms with van der Waals surface area (Å²) in [7, 11) is 0. The van der Waals surface area contributed by atoms with E-state index in [-0.39, 0.29) is 0 Å². The second kappa shape index (κ2) is 18.7. The lowest BCUT2D eigenvalue weighted by atomic mass is 9.98. The molecule has 0 saturated heterocycles. The molecule has 0 fully saturated rings. The first-order valence-electron chi connectivity index (χ1n) is 23.0. The Morgan fingerprint density at radius 1 is 0.257 bits per heavy atom. The smallest absolute Gasteiger partial charge is 0.0715 e. The number of hydrogen-bond acceptors (Lipinski definition) is 4. The highest BCUT2D eigenvalue weighted by molar-refractivity contribution is 9.11. The Kier molecular flexibility index (Phi) is 11.7. The van der Waals surface area contributed by atoms with Gasteiger partial charge < -0.3 is 4.90 Å². The maximum atomic E-state index is 5.17. The van der Waals surface area contributed by atoms with Gasteiger partial charge in [-0.2, -0.15) is 0 Å². The minimum absolute atomic E-state index is 0.916. The van der Waals surface area contributed by atoms with Crippen molar-refractivity contribution in [1.29, 1.82) is 0 Å². The predicted octanol–water partition coefficient (Wildman–Crippen LogP) is 19.1. The highest BCUT2D eigenvalue weighted by Crippen LogP contribution is 2.41. The Bertz CT molecular complexity index is 3470. The summed E-state index contributed by atoms with van der Waals surface area (Å²) in [5.74, 6) is 0. The van der Waals surface area contributed by atoms with E-state index in [0.717, 1.165) is 130 Å². The molecule has 0 aliphatic carbocycles. The summed E-state index contributed by atoms with van der Waals surface area (Å²) in [6.45, 7) is 0. The maximum absolute atomic E-state index is 5.17. The second-order valence-electron chi connectivity index (χ2n) is 17.2. The summed E-state index contributed by atoms with van der Waals surface area (Å²) < 4.78 is 3.14. The van der Waals surface area contributed by atoms with Crippen LogP contribution in [-0.4, -0.2) is 15.0 Å². The molecule has 4 nitrogen and oxygen atoms in total. The Balaban J connectivity index is 0.946. The van der Waals surface area contributed by atoms with E-state index < -0.39 is 0 Å². The average molecular weight is 1090 g/mol. The number of rotatable bonds is 9. The Morgan fingerprint density at radius 3 is 0.771 bits per heavy atom. The molecule has 0 aliphatic rings. The van der Waals surface area contributed by atoms with Crippen LogP contribution in [0.2, 0.25) is 0 Å². The Labute approximate surface area is 431 Å². The molecule has 12 aromatic rings. The maximum Gasteiger partial charge on any atom is 0.0715 e. The highest BCUT2D eigenvalue weighted by Gasteiger charge is 2.18. The molecule has 0 unspecified atom stereocenters. The average Bonchev–Trinajstić information content (AvgIpc) is 3.41. The van der Waals surface area contributed by atoms with Crippen molar-refractivity contribution >= 4 is 97.6 Å². The van der Waals surface area contributed by atoms with E-state index in [9.17, 15) is 0 Å². The minimum atomic E-state index is 0.916. The number of hydrogen-bond donors (Lipinski definition) is 0. The monoisotopic (exact) mass is 1090 g/mol. The fraction of sp³-hybridized carbons (Fsp3) is 0. The van der Waals surface area contributed by atoms with Crippen LogP contribution in [0.3, 0.4) is 0 Å². The lowest BCUT2D eigenvalue weighted by molar-refractivity contribution is 1.28. The fourth-order valence-corrected chi connectivity index (χ4v) is 10.2. The quantitative estimate of drug-likeness (QED) is 0.144. The summed E-state index contributed by atoms with van der Waals surface area (Å²) in [5, 5.41) is 3.36. The first-order valence-corrected chi connectivity index (χ1v) is 25.4. The van der Waals surface area contributed by atoms with E-state index >= 15 is 0 Å². The van der Waals surface area contributed by atoms with Crippen molar-refractivity contribution in [3.05, 3.63) is 250 Å². The fourth-order valence-electron chi connectivity index (χ4n) is 9.37. The van der Waals surface area contributed by atoms with E-state index in [1.165, 1.54) is 0 Å². The van der Waals surface area contributed by atoms with Gasteiger partial charge in [-0.25, -0.2) is 15.0 Å². The number of anilines is 3. The van der Waals surface area contributed by atoms with Crippen LogP contribution in [0.25, 0.3) is 99.9 Å². The lowest BCUT2D eigenvalue weighted by Gasteiger charge is -2.26. The van der Waals surface area contributed by atoms with Gasteiger partial charge in [0.05, 0.1) is 33.6 Å². The molecule has 0 bridgehead atoms. The standard InChI is InChI=1S/C63H39Br3N4/c64-46-25-13-40(14-26-46)55-37-61(67-58-10-4-1-7-52(55)58)43-19-31-49(32-20-43)70(50-33-21-44(22-34-50)62-38-56(41-15-27-47(65)28-16-41)53-8-2-5-11-59(53)68-62)51-35-23-45(24-36-51)63-39-57(42-17-29-48(66)30-18-42)54-9-3-6-12-60(54)69-63/h1-39H. The van der Waals surface area contributed by atoms with Crippen molar-refractivity contribution in [2.24, 2.45) is 0 Å². The zero-order valence-electron chi connectivity index (χ0n) is 37.4. The molecule has 0 amide bonds. The minimum Gasteiger partial charge on any atom is -0.311 e. The van der Waals surface area contributed by atoms with Crippen LogP contribution in [0.15, 0.2) is 250 Å². The lowest BCUT2D eigenvalue weighted by Crippen LogP contribution is -2.10. The molecule has 12 rings (SSSR count). The molecular weight excluding hydrogens is 1050 g/mol. The van der Waals surface area contributed by atoms with Crippen molar-refractivity contribution in [2.75, 3.05) is 4.90 Å². The summed E-state index contributed by atoms with van der Waals surface area (Å²) in [6.07, 6.45) is 0. The van der Waals surface area contributed by atoms with Crippen molar-refractivity contribution in [3.63, 3.8) is 0 Å². The van der Waals surface area contributed by atoms with E-state index in [4.69, 9.17) is 15.0 Å². The molecule has 332 valence electrons. The molecule has 70 heavy (non-hydrogen) atoms. The third-order valence-electron chi connectivity index (χ3n) is 12.9. The molecule has 0 spiro atoms. The molecule has 0 N–H and O–H groups in total. The zero-order chi connectivity index (χ0) is 47.1. The van der Waals surface area contributed by atoms with Gasteiger partial charge in [0.2, 0.25) is 0 Å². The van der Waals surface area contributed by atoms with Gasteiger partial charge in [0.15, 0.2) is 0 Å². The van der Waals surface area contributed by atoms with Crippen LogP contribution in [0.1, 0.15) is 0 Å². The number of aromatic nitrogens is 3. The number of fused-ring (bicyclic) bond motifs is 3. The molecule has 0 aliphatic heterocycles. The summed E-state index contributed by atoms with van der Waals surface area (Å²) in [4.78, 5) is 17.8. The van der Waals surface area contributed by atoms with Crippen LogP contribution in [0.5, 0.6) is 0 Å². The molecule has 0 radical (unpaired) electrons. The predicted molar refractivity (Wildman–Crippen MR) is 303 cm³/mol. The Hall–Kier alpha value is -7.55. The summed E-state index contributed by atoms with van der Waals surface area (Å²) in [6, 6.07) is 83.4. The van der Waals surface area contributed by atoms with Crippen LogP contribution in [0.4, 0.5) is 17.1 Å². The number of benzene rings is 9. The molecule has 0 atom stereocenters. The van der Waals surface area contributed by atoms with Crippen molar-refractivity contribution in [1.82, 2.24) is 15.0 Å². The largest absolute Gasteiger partial charge is 0.311 e. The number of halogens is 3. The van der Waals surface area contributed by atoms with E-state index in [1.807, 2.05) is 0 Å². The molecule has 3 aromatic heterocycles.